The van der Waals surface area contributed by atoms with Gasteiger partial charge in [0.05, 0.1) is 5.56 Å². The molecule has 0 aromatic heterocycles. The normalized spacial score (nSPS) is 25.6. The molecular weight excluding hydrogens is 485 g/mol. The molecular formula is C28H31F7O. The summed E-state index contributed by atoms with van der Waals surface area (Å²) in [6.07, 6.45) is 1.55. The second-order valence-corrected chi connectivity index (χ2v) is 10.3. The Kier molecular flexibility index (Phi) is 7.91. The lowest BCUT2D eigenvalue weighted by atomic mass is 9.68. The van der Waals surface area contributed by atoms with E-state index in [0.29, 0.717) is 0 Å². The monoisotopic (exact) mass is 516 g/mol. The average molecular weight is 517 g/mol. The minimum Gasteiger partial charge on any atom is -0.429 e. The van der Waals surface area contributed by atoms with Crippen LogP contribution in [0.5, 0.6) is 5.75 Å². The van der Waals surface area contributed by atoms with Crippen LogP contribution in [0.3, 0.4) is 0 Å². The highest BCUT2D eigenvalue weighted by molar-refractivity contribution is 5.34. The first-order chi connectivity index (χ1) is 17.0. The van der Waals surface area contributed by atoms with Gasteiger partial charge in [-0.1, -0.05) is 38.3 Å². The summed E-state index contributed by atoms with van der Waals surface area (Å²) >= 11 is 0. The fourth-order valence-electron chi connectivity index (χ4n) is 6.03. The van der Waals surface area contributed by atoms with Crippen LogP contribution < -0.4 is 4.74 Å². The summed E-state index contributed by atoms with van der Waals surface area (Å²) < 4.78 is 99.3. The highest BCUT2D eigenvalue weighted by Gasteiger charge is 2.40. The number of rotatable bonds is 6. The number of hydrogen-bond acceptors (Lipinski definition) is 1. The standard InChI is InChI=1S/C28H31F7O/c1-2-17-3-5-18(6-4-17)19-7-9-20(10-8-19)21-11-13-22(14-12-21)28(34,35)36-23-15-24(29)26(25(30)16-23)27(31,32)33/h11-20H,2-10H2,1H3/t17-,18-,19?,20?. The van der Waals surface area contributed by atoms with E-state index in [0.717, 1.165) is 49.0 Å². The van der Waals surface area contributed by atoms with E-state index in [-0.39, 0.29) is 18.1 Å². The molecule has 198 valence electrons. The minimum atomic E-state index is -5.29. The molecule has 8 heteroatoms. The molecule has 0 spiro atoms. The van der Waals surface area contributed by atoms with E-state index in [1.807, 2.05) is 0 Å². The molecule has 0 N–H and O–H groups in total. The topological polar surface area (TPSA) is 9.23 Å². The number of alkyl halides is 5. The largest absolute Gasteiger partial charge is 0.429 e. The summed E-state index contributed by atoms with van der Waals surface area (Å²) in [5.74, 6) is -2.37. The van der Waals surface area contributed by atoms with Gasteiger partial charge < -0.3 is 4.74 Å². The van der Waals surface area contributed by atoms with Crippen LogP contribution >= 0.6 is 0 Å². The molecule has 36 heavy (non-hydrogen) atoms. The molecule has 2 aliphatic rings. The zero-order valence-electron chi connectivity index (χ0n) is 20.2. The van der Waals surface area contributed by atoms with E-state index in [2.05, 4.69) is 11.7 Å². The van der Waals surface area contributed by atoms with Gasteiger partial charge in [0.15, 0.2) is 0 Å². The van der Waals surface area contributed by atoms with Gasteiger partial charge in [-0.2, -0.15) is 22.0 Å². The third kappa shape index (κ3) is 6.00. The number of halogens is 7. The van der Waals surface area contributed by atoms with Gasteiger partial charge in [-0.3, -0.25) is 0 Å². The lowest BCUT2D eigenvalue weighted by Crippen LogP contribution is -2.25. The highest BCUT2D eigenvalue weighted by Crippen LogP contribution is 2.45. The first-order valence-corrected chi connectivity index (χ1v) is 12.7. The maximum absolute atomic E-state index is 14.6. The molecule has 0 aliphatic heterocycles. The van der Waals surface area contributed by atoms with Gasteiger partial charge in [0.25, 0.3) is 0 Å². The Morgan fingerprint density at radius 2 is 1.25 bits per heavy atom. The molecule has 0 radical (unpaired) electrons. The van der Waals surface area contributed by atoms with Gasteiger partial charge in [0.2, 0.25) is 0 Å². The molecule has 0 unspecified atom stereocenters. The van der Waals surface area contributed by atoms with Crippen LogP contribution in [0.2, 0.25) is 0 Å². The maximum atomic E-state index is 14.6. The molecule has 1 nitrogen and oxygen atoms in total. The predicted octanol–water partition coefficient (Wildman–Crippen LogP) is 9.60. The summed E-state index contributed by atoms with van der Waals surface area (Å²) in [6, 6.07) is 5.84. The molecule has 2 aliphatic carbocycles. The van der Waals surface area contributed by atoms with Crippen molar-refractivity contribution in [1.82, 2.24) is 0 Å². The summed E-state index contributed by atoms with van der Waals surface area (Å²) in [5.41, 5.74) is -1.74. The molecule has 2 saturated carbocycles. The Morgan fingerprint density at radius 3 is 1.72 bits per heavy atom. The molecule has 2 aromatic carbocycles. The van der Waals surface area contributed by atoms with E-state index in [4.69, 9.17) is 0 Å². The van der Waals surface area contributed by atoms with E-state index in [1.165, 1.54) is 44.2 Å². The van der Waals surface area contributed by atoms with Crippen molar-refractivity contribution in [3.05, 3.63) is 64.7 Å². The average Bonchev–Trinajstić information content (AvgIpc) is 2.83. The number of ether oxygens (including phenoxy) is 1. The van der Waals surface area contributed by atoms with Crippen LogP contribution in [0.25, 0.3) is 0 Å². The Balaban J connectivity index is 1.37. The van der Waals surface area contributed by atoms with Gasteiger partial charge >= 0.3 is 12.3 Å². The molecule has 0 amide bonds. The molecule has 2 aromatic rings. The second-order valence-electron chi connectivity index (χ2n) is 10.3. The van der Waals surface area contributed by atoms with E-state index in [1.54, 1.807) is 12.1 Å². The van der Waals surface area contributed by atoms with Crippen LogP contribution in [-0.4, -0.2) is 0 Å². The predicted molar refractivity (Wildman–Crippen MR) is 123 cm³/mol. The van der Waals surface area contributed by atoms with Gasteiger partial charge in [0.1, 0.15) is 22.9 Å². The summed E-state index contributed by atoms with van der Waals surface area (Å²) in [6.45, 7) is 2.26. The molecule has 0 heterocycles. The summed E-state index contributed by atoms with van der Waals surface area (Å²) in [5, 5.41) is 0. The Labute approximate surface area is 207 Å². The molecule has 0 bridgehead atoms. The van der Waals surface area contributed by atoms with Gasteiger partial charge in [-0.05, 0) is 79.9 Å². The third-order valence-electron chi connectivity index (χ3n) is 8.17. The van der Waals surface area contributed by atoms with Crippen LogP contribution in [0, 0.1) is 29.4 Å². The Bertz CT molecular complexity index is 992. The fraction of sp³-hybridized carbons (Fsp3) is 0.571. The zero-order chi connectivity index (χ0) is 26.1. The Hall–Kier alpha value is -2.25. The quantitative estimate of drug-likeness (QED) is 0.347. The van der Waals surface area contributed by atoms with Crippen molar-refractivity contribution in [2.45, 2.75) is 82.9 Å². The van der Waals surface area contributed by atoms with Crippen LogP contribution in [0.1, 0.15) is 87.3 Å². The van der Waals surface area contributed by atoms with Gasteiger partial charge in [-0.15, -0.1) is 0 Å². The van der Waals surface area contributed by atoms with Crippen LogP contribution in [0.15, 0.2) is 36.4 Å². The summed E-state index contributed by atoms with van der Waals surface area (Å²) in [7, 11) is 0. The van der Waals surface area contributed by atoms with E-state index >= 15 is 0 Å². The minimum absolute atomic E-state index is 0.112. The summed E-state index contributed by atoms with van der Waals surface area (Å²) in [4.78, 5) is 0. The number of hydrogen-bond donors (Lipinski definition) is 0. The van der Waals surface area contributed by atoms with Crippen molar-refractivity contribution in [1.29, 1.82) is 0 Å². The van der Waals surface area contributed by atoms with Gasteiger partial charge in [0, 0.05) is 12.1 Å². The van der Waals surface area contributed by atoms with Crippen molar-refractivity contribution in [2.75, 3.05) is 0 Å². The second kappa shape index (κ2) is 10.6. The van der Waals surface area contributed by atoms with Crippen molar-refractivity contribution >= 4 is 0 Å². The molecule has 0 atom stereocenters. The number of benzene rings is 2. The lowest BCUT2D eigenvalue weighted by Gasteiger charge is -2.38. The van der Waals surface area contributed by atoms with Crippen molar-refractivity contribution < 1.29 is 35.5 Å². The lowest BCUT2D eigenvalue weighted by molar-refractivity contribution is -0.185. The van der Waals surface area contributed by atoms with Crippen LogP contribution in [0.4, 0.5) is 30.7 Å². The maximum Gasteiger partial charge on any atom is 0.426 e. The Morgan fingerprint density at radius 1 is 0.750 bits per heavy atom. The van der Waals surface area contributed by atoms with Crippen molar-refractivity contribution in [3.63, 3.8) is 0 Å². The first kappa shape index (κ1) is 26.8. The van der Waals surface area contributed by atoms with Crippen molar-refractivity contribution in [2.24, 2.45) is 17.8 Å². The third-order valence-corrected chi connectivity index (χ3v) is 8.17. The first-order valence-electron chi connectivity index (χ1n) is 12.7. The smallest absolute Gasteiger partial charge is 0.426 e. The molecule has 2 fully saturated rings. The van der Waals surface area contributed by atoms with E-state index in [9.17, 15) is 30.7 Å². The van der Waals surface area contributed by atoms with Gasteiger partial charge in [-0.25, -0.2) is 8.78 Å². The highest BCUT2D eigenvalue weighted by atomic mass is 19.4. The molecule has 0 saturated heterocycles. The van der Waals surface area contributed by atoms with Crippen molar-refractivity contribution in [3.8, 4) is 5.75 Å². The zero-order valence-corrected chi connectivity index (χ0v) is 20.2. The molecule has 4 rings (SSSR count). The fourth-order valence-corrected chi connectivity index (χ4v) is 6.03. The van der Waals surface area contributed by atoms with Crippen LogP contribution in [-0.2, 0) is 12.3 Å². The SMILES string of the molecule is CC[C@H]1CC[C@H](C2CCC(c3ccc(C(F)(F)Oc4cc(F)c(C(F)(F)F)c(F)c4)cc3)CC2)CC1. The van der Waals surface area contributed by atoms with E-state index < -0.39 is 40.8 Å².